The zero-order chi connectivity index (χ0) is 17.9. The van der Waals surface area contributed by atoms with Gasteiger partial charge in [-0.1, -0.05) is 24.3 Å². The summed E-state index contributed by atoms with van der Waals surface area (Å²) in [6.45, 7) is 1.56. The molecule has 1 atom stereocenters. The Morgan fingerprint density at radius 3 is 2.78 bits per heavy atom. The topological polar surface area (TPSA) is 63.1 Å². The number of amides is 1. The number of nitrogens with zero attached hydrogens (tertiary/aromatic N) is 4. The van der Waals surface area contributed by atoms with Crippen molar-refractivity contribution < 1.29 is 4.79 Å². The van der Waals surface area contributed by atoms with E-state index in [0.717, 1.165) is 36.5 Å². The molecule has 27 heavy (non-hydrogen) atoms. The van der Waals surface area contributed by atoms with Crippen molar-refractivity contribution in [2.24, 2.45) is 0 Å². The Balaban J connectivity index is 0.00000210. The summed E-state index contributed by atoms with van der Waals surface area (Å²) in [6.07, 6.45) is 2.04. The van der Waals surface area contributed by atoms with E-state index in [9.17, 15) is 4.79 Å². The summed E-state index contributed by atoms with van der Waals surface area (Å²) in [7, 11) is 1.91. The molecule has 142 valence electrons. The molecule has 2 aromatic heterocycles. The maximum atomic E-state index is 13.1. The van der Waals surface area contributed by atoms with E-state index in [0.29, 0.717) is 5.82 Å². The summed E-state index contributed by atoms with van der Waals surface area (Å²) in [4.78, 5) is 20.6. The standard InChI is InChI=1S/C19H21N5OS.ClH/c1-20-13-15-9-5-11-23(15)19(25)17-21-18(16-10-6-12-26-16)24(22-17)14-7-3-2-4-8-14;/h2-4,6-8,10,12,15,20H,5,9,11,13H2,1H3;1H. The number of benzene rings is 1. The van der Waals surface area contributed by atoms with Gasteiger partial charge in [-0.05, 0) is 43.5 Å². The fraction of sp³-hybridized carbons (Fsp3) is 0.316. The Kier molecular flexibility index (Phi) is 6.26. The molecule has 6 nitrogen and oxygen atoms in total. The number of hydrogen-bond acceptors (Lipinski definition) is 5. The van der Waals surface area contributed by atoms with Gasteiger partial charge < -0.3 is 10.2 Å². The molecule has 1 aliphatic heterocycles. The molecule has 8 heteroatoms. The smallest absolute Gasteiger partial charge is 0.293 e. The lowest BCUT2D eigenvalue weighted by Crippen LogP contribution is -2.41. The highest BCUT2D eigenvalue weighted by atomic mass is 35.5. The zero-order valence-electron chi connectivity index (χ0n) is 15.0. The van der Waals surface area contributed by atoms with Crippen LogP contribution in [0.25, 0.3) is 16.4 Å². The molecule has 4 rings (SSSR count). The predicted molar refractivity (Wildman–Crippen MR) is 110 cm³/mol. The van der Waals surface area contributed by atoms with Crippen molar-refractivity contribution in [2.75, 3.05) is 20.1 Å². The molecule has 0 saturated carbocycles. The second-order valence-corrected chi connectivity index (χ2v) is 7.28. The molecule has 1 fully saturated rings. The van der Waals surface area contributed by atoms with E-state index >= 15 is 0 Å². The second-order valence-electron chi connectivity index (χ2n) is 6.34. The lowest BCUT2D eigenvalue weighted by molar-refractivity contribution is 0.0725. The number of likely N-dealkylation sites (tertiary alicyclic amines) is 1. The molecular weight excluding hydrogens is 382 g/mol. The highest BCUT2D eigenvalue weighted by molar-refractivity contribution is 7.13. The van der Waals surface area contributed by atoms with Crippen molar-refractivity contribution in [2.45, 2.75) is 18.9 Å². The van der Waals surface area contributed by atoms with E-state index < -0.39 is 0 Å². The van der Waals surface area contributed by atoms with Crippen LogP contribution in [0.1, 0.15) is 23.5 Å². The second kappa shape index (κ2) is 8.65. The summed E-state index contributed by atoms with van der Waals surface area (Å²) in [5.74, 6) is 0.884. The molecule has 0 aliphatic carbocycles. The SMILES string of the molecule is CNCC1CCCN1C(=O)c1nc(-c2cccs2)n(-c2ccccc2)n1.Cl. The molecule has 3 aromatic rings. The number of halogens is 1. The first-order chi connectivity index (χ1) is 12.8. The minimum Gasteiger partial charge on any atom is -0.332 e. The van der Waals surface area contributed by atoms with Crippen LogP contribution in [-0.4, -0.2) is 51.8 Å². The van der Waals surface area contributed by atoms with Crippen molar-refractivity contribution in [3.05, 3.63) is 53.7 Å². The van der Waals surface area contributed by atoms with Crippen LogP contribution in [0, 0.1) is 0 Å². The van der Waals surface area contributed by atoms with Crippen molar-refractivity contribution >= 4 is 29.7 Å². The van der Waals surface area contributed by atoms with Crippen LogP contribution in [0.4, 0.5) is 0 Å². The third kappa shape index (κ3) is 3.90. The van der Waals surface area contributed by atoms with Crippen LogP contribution in [0.5, 0.6) is 0 Å². The number of hydrogen-bond donors (Lipinski definition) is 1. The Hall–Kier alpha value is -2.22. The van der Waals surface area contributed by atoms with Gasteiger partial charge in [-0.2, -0.15) is 0 Å². The predicted octanol–water partition coefficient (Wildman–Crippen LogP) is 3.24. The maximum Gasteiger partial charge on any atom is 0.293 e. The Labute approximate surface area is 168 Å². The lowest BCUT2D eigenvalue weighted by atomic mass is 10.2. The van der Waals surface area contributed by atoms with E-state index in [4.69, 9.17) is 0 Å². The summed E-state index contributed by atoms with van der Waals surface area (Å²) in [6, 6.07) is 14.0. The number of likely N-dealkylation sites (N-methyl/N-ethyl adjacent to an activating group) is 1. The molecule has 1 saturated heterocycles. The molecule has 1 aliphatic rings. The van der Waals surface area contributed by atoms with E-state index in [1.54, 1.807) is 16.0 Å². The highest BCUT2D eigenvalue weighted by Gasteiger charge is 2.32. The number of nitrogens with one attached hydrogen (secondary N) is 1. The van der Waals surface area contributed by atoms with Crippen molar-refractivity contribution in [1.29, 1.82) is 0 Å². The Bertz CT molecular complexity index is 881. The highest BCUT2D eigenvalue weighted by Crippen LogP contribution is 2.26. The number of aromatic nitrogens is 3. The van der Waals surface area contributed by atoms with Crippen LogP contribution >= 0.6 is 23.7 Å². The quantitative estimate of drug-likeness (QED) is 0.710. The van der Waals surface area contributed by atoms with Gasteiger partial charge in [0.2, 0.25) is 5.82 Å². The molecule has 0 spiro atoms. The lowest BCUT2D eigenvalue weighted by Gasteiger charge is -2.23. The van der Waals surface area contributed by atoms with Crippen LogP contribution in [0.15, 0.2) is 47.8 Å². The zero-order valence-corrected chi connectivity index (χ0v) is 16.7. The van der Waals surface area contributed by atoms with Gasteiger partial charge in [0.15, 0.2) is 5.82 Å². The molecule has 0 radical (unpaired) electrons. The summed E-state index contributed by atoms with van der Waals surface area (Å²) in [5, 5.41) is 9.75. The Morgan fingerprint density at radius 1 is 1.26 bits per heavy atom. The van der Waals surface area contributed by atoms with E-state index in [2.05, 4.69) is 15.4 Å². The largest absolute Gasteiger partial charge is 0.332 e. The van der Waals surface area contributed by atoms with Crippen LogP contribution in [0.3, 0.4) is 0 Å². The van der Waals surface area contributed by atoms with Crippen molar-refractivity contribution in [3.8, 4) is 16.4 Å². The summed E-state index contributed by atoms with van der Waals surface area (Å²) in [5.41, 5.74) is 0.899. The van der Waals surface area contributed by atoms with Gasteiger partial charge in [-0.25, -0.2) is 9.67 Å². The van der Waals surface area contributed by atoms with E-state index in [1.165, 1.54) is 0 Å². The fourth-order valence-electron chi connectivity index (χ4n) is 3.40. The first kappa shape index (κ1) is 19.5. The van der Waals surface area contributed by atoms with Gasteiger partial charge in [0.1, 0.15) is 0 Å². The molecule has 1 N–H and O–H groups in total. The van der Waals surface area contributed by atoms with Crippen LogP contribution < -0.4 is 5.32 Å². The van der Waals surface area contributed by atoms with Gasteiger partial charge in [0, 0.05) is 19.1 Å². The molecule has 1 aromatic carbocycles. The molecular formula is C19H22ClN5OS. The minimum atomic E-state index is -0.0877. The van der Waals surface area contributed by atoms with Crippen molar-refractivity contribution in [3.63, 3.8) is 0 Å². The molecule has 1 unspecified atom stereocenters. The van der Waals surface area contributed by atoms with Gasteiger partial charge in [0.05, 0.1) is 10.6 Å². The van der Waals surface area contributed by atoms with E-state index in [-0.39, 0.29) is 30.2 Å². The maximum absolute atomic E-state index is 13.1. The minimum absolute atomic E-state index is 0. The van der Waals surface area contributed by atoms with E-state index in [1.807, 2.05) is 59.8 Å². The average Bonchev–Trinajstić information content (AvgIpc) is 3.42. The molecule has 1 amide bonds. The third-order valence-corrected chi connectivity index (χ3v) is 5.48. The van der Waals surface area contributed by atoms with Gasteiger partial charge in [-0.3, -0.25) is 4.79 Å². The molecule has 0 bridgehead atoms. The van der Waals surface area contributed by atoms with Gasteiger partial charge >= 0.3 is 0 Å². The Morgan fingerprint density at radius 2 is 2.07 bits per heavy atom. The third-order valence-electron chi connectivity index (χ3n) is 4.62. The van der Waals surface area contributed by atoms with Crippen molar-refractivity contribution in [1.82, 2.24) is 25.0 Å². The summed E-state index contributed by atoms with van der Waals surface area (Å²) >= 11 is 1.59. The number of para-hydroxylation sites is 1. The first-order valence-electron chi connectivity index (χ1n) is 8.80. The summed E-state index contributed by atoms with van der Waals surface area (Å²) < 4.78 is 1.77. The number of carbonyl (C=O) groups excluding carboxylic acids is 1. The van der Waals surface area contributed by atoms with Crippen LogP contribution in [0.2, 0.25) is 0 Å². The van der Waals surface area contributed by atoms with Gasteiger partial charge in [0.25, 0.3) is 5.91 Å². The fourth-order valence-corrected chi connectivity index (χ4v) is 4.09. The van der Waals surface area contributed by atoms with Gasteiger partial charge in [-0.15, -0.1) is 28.8 Å². The van der Waals surface area contributed by atoms with Crippen LogP contribution in [-0.2, 0) is 0 Å². The number of thiophene rings is 1. The normalized spacial score (nSPS) is 16.3. The monoisotopic (exact) mass is 403 g/mol. The number of rotatable bonds is 5. The first-order valence-corrected chi connectivity index (χ1v) is 9.68. The molecule has 3 heterocycles. The average molecular weight is 404 g/mol. The number of carbonyl (C=O) groups is 1.